The normalized spacial score (nSPS) is 10.4. The first-order valence-corrected chi connectivity index (χ1v) is 24.6. The minimum absolute atomic E-state index is 1.26. The molecule has 0 spiro atoms. The summed E-state index contributed by atoms with van der Waals surface area (Å²) in [7, 11) is 0. The summed E-state index contributed by atoms with van der Waals surface area (Å²) in [6, 6.07) is 82.1. The highest BCUT2D eigenvalue weighted by molar-refractivity contribution is 6.05. The molecule has 0 atom stereocenters. The van der Waals surface area contributed by atoms with Crippen molar-refractivity contribution in [3.63, 3.8) is 0 Å². The number of hydrogen-bond donors (Lipinski definition) is 0. The summed E-state index contributed by atoms with van der Waals surface area (Å²) < 4.78 is 0. The van der Waals surface area contributed by atoms with Crippen LogP contribution in [0.5, 0.6) is 0 Å². The van der Waals surface area contributed by atoms with Gasteiger partial charge in [0.15, 0.2) is 0 Å². The van der Waals surface area contributed by atoms with E-state index in [2.05, 4.69) is 300 Å². The summed E-state index contributed by atoms with van der Waals surface area (Å²) in [5.74, 6) is 0. The zero-order valence-electron chi connectivity index (χ0n) is 42.9. The van der Waals surface area contributed by atoms with Gasteiger partial charge in [-0.25, -0.2) is 0 Å². The highest BCUT2D eigenvalue weighted by Gasteiger charge is 2.07. The Hall–Kier alpha value is -7.80. The molecule has 0 radical (unpaired) electrons. The van der Waals surface area contributed by atoms with Crippen molar-refractivity contribution in [1.29, 1.82) is 0 Å². The summed E-state index contributed by atoms with van der Waals surface area (Å²) in [4.78, 5) is 0. The van der Waals surface area contributed by atoms with E-state index in [1.165, 1.54) is 121 Å². The average Bonchev–Trinajstić information content (AvgIpc) is 3.39. The molecule has 0 fully saturated rings. The van der Waals surface area contributed by atoms with Crippen LogP contribution in [0.4, 0.5) is 0 Å². The van der Waals surface area contributed by atoms with E-state index in [1.54, 1.807) is 0 Å². The maximum atomic E-state index is 2.21. The first-order chi connectivity index (χ1) is 33.8. The molecular formula is C70H68. The molecule has 0 amide bonds. The van der Waals surface area contributed by atoms with Gasteiger partial charge in [0.1, 0.15) is 0 Å². The second-order valence-corrected chi connectivity index (χ2v) is 18.8. The Morgan fingerprint density at radius 1 is 0.157 bits per heavy atom. The highest BCUT2D eigenvalue weighted by atomic mass is 14.1. The van der Waals surface area contributed by atoms with Gasteiger partial charge in [-0.1, -0.05) is 264 Å². The lowest BCUT2D eigenvalue weighted by Crippen LogP contribution is -1.87. The summed E-state index contributed by atoms with van der Waals surface area (Å²) >= 11 is 0. The standard InChI is InChI=1S/C20H18.C16H14.C14H14.C12H12.C8H10/c1-15-3-7-17(8-4-15)19-11-13-20(14-12-19)18-9-5-16(2)6-10-18;1-11-13-7-3-5-9-15(13)12(2)16-10-6-4-8-14(11)16;1-11-3-7-13(8-4-11)14-9-5-12(2)6-10-14;1-9-7-8-10(2)12-6-4-3-5-11(9)12;1-7-3-5-8(2)6-4-7/h3-14H,1-2H3;3-10H,1-2H3;3-10H,1-2H3;3-8H,1-2H3;3-6H,1-2H3. The molecule has 0 saturated heterocycles. The average molecular weight is 909 g/mol. The van der Waals surface area contributed by atoms with Gasteiger partial charge >= 0.3 is 0 Å². The monoisotopic (exact) mass is 909 g/mol. The zero-order valence-corrected chi connectivity index (χ0v) is 42.9. The van der Waals surface area contributed by atoms with Crippen LogP contribution in [0.15, 0.2) is 231 Å². The minimum Gasteiger partial charge on any atom is -0.0616 e. The molecule has 70 heavy (non-hydrogen) atoms. The summed E-state index contributed by atoms with van der Waals surface area (Å²) in [6.07, 6.45) is 0. The van der Waals surface area contributed by atoms with Gasteiger partial charge < -0.3 is 0 Å². The zero-order chi connectivity index (χ0) is 49.6. The Kier molecular flexibility index (Phi) is 17.1. The van der Waals surface area contributed by atoms with Crippen molar-refractivity contribution >= 4 is 32.3 Å². The third kappa shape index (κ3) is 13.2. The minimum atomic E-state index is 1.26. The van der Waals surface area contributed by atoms with Crippen molar-refractivity contribution < 1.29 is 0 Å². The molecule has 348 valence electrons. The molecule has 11 rings (SSSR count). The van der Waals surface area contributed by atoms with Crippen LogP contribution in [0.1, 0.15) is 55.6 Å². The molecular weight excluding hydrogens is 841 g/mol. The van der Waals surface area contributed by atoms with Gasteiger partial charge in [-0.3, -0.25) is 0 Å². The second-order valence-electron chi connectivity index (χ2n) is 18.8. The fourth-order valence-electron chi connectivity index (χ4n) is 8.64. The van der Waals surface area contributed by atoms with E-state index in [0.29, 0.717) is 0 Å². The Labute approximate surface area is 419 Å². The molecule has 0 saturated carbocycles. The van der Waals surface area contributed by atoms with Crippen molar-refractivity contribution in [2.45, 2.75) is 69.2 Å². The molecule has 0 aliphatic carbocycles. The van der Waals surface area contributed by atoms with Crippen LogP contribution < -0.4 is 0 Å². The van der Waals surface area contributed by atoms with E-state index in [4.69, 9.17) is 0 Å². The predicted octanol–water partition coefficient (Wildman–Crippen LogP) is 20.0. The molecule has 0 bridgehead atoms. The molecule has 11 aromatic carbocycles. The van der Waals surface area contributed by atoms with Crippen LogP contribution >= 0.6 is 0 Å². The van der Waals surface area contributed by atoms with Crippen LogP contribution in [0.2, 0.25) is 0 Å². The quantitative estimate of drug-likeness (QED) is 0.155. The van der Waals surface area contributed by atoms with Gasteiger partial charge in [0.05, 0.1) is 0 Å². The van der Waals surface area contributed by atoms with Crippen molar-refractivity contribution in [2.24, 2.45) is 0 Å². The van der Waals surface area contributed by atoms with Gasteiger partial charge in [0, 0.05) is 0 Å². The smallest absolute Gasteiger partial charge is 0.0146 e. The molecule has 0 unspecified atom stereocenters. The van der Waals surface area contributed by atoms with Crippen LogP contribution in [0.25, 0.3) is 65.7 Å². The molecule has 0 aromatic heterocycles. The van der Waals surface area contributed by atoms with E-state index in [1.807, 2.05) is 0 Å². The number of rotatable bonds is 3. The number of benzene rings is 11. The van der Waals surface area contributed by atoms with Crippen LogP contribution in [0, 0.1) is 69.2 Å². The van der Waals surface area contributed by atoms with Gasteiger partial charge in [0.2, 0.25) is 0 Å². The summed E-state index contributed by atoms with van der Waals surface area (Å²) in [6.45, 7) is 21.4. The van der Waals surface area contributed by atoms with Gasteiger partial charge in [-0.15, -0.1) is 0 Å². The topological polar surface area (TPSA) is 0 Å². The maximum absolute atomic E-state index is 2.21. The molecule has 0 heterocycles. The van der Waals surface area contributed by atoms with Crippen molar-refractivity contribution in [2.75, 3.05) is 0 Å². The SMILES string of the molecule is Cc1c2ccccc2c(C)c2ccccc12.Cc1ccc(-c2ccc(-c3ccc(C)cc3)cc2)cc1.Cc1ccc(-c2ccc(C)cc2)cc1.Cc1ccc(C)c2ccccc12.Cc1ccc(C)cc1. The second kappa shape index (κ2) is 24.0. The Morgan fingerprint density at radius 3 is 0.514 bits per heavy atom. The predicted molar refractivity (Wildman–Crippen MR) is 308 cm³/mol. The molecule has 0 nitrogen and oxygen atoms in total. The highest BCUT2D eigenvalue weighted by Crippen LogP contribution is 2.32. The Morgan fingerprint density at radius 2 is 0.314 bits per heavy atom. The van der Waals surface area contributed by atoms with E-state index in [9.17, 15) is 0 Å². The Balaban J connectivity index is 0.000000132. The molecule has 0 aliphatic rings. The van der Waals surface area contributed by atoms with Crippen molar-refractivity contribution in [3.8, 4) is 33.4 Å². The van der Waals surface area contributed by atoms with Crippen LogP contribution in [-0.4, -0.2) is 0 Å². The van der Waals surface area contributed by atoms with Crippen molar-refractivity contribution in [3.05, 3.63) is 286 Å². The largest absolute Gasteiger partial charge is 0.0616 e. The third-order valence-corrected chi connectivity index (χ3v) is 13.1. The summed E-state index contributed by atoms with van der Waals surface area (Å²) in [5, 5.41) is 8.24. The lowest BCUT2D eigenvalue weighted by Gasteiger charge is -2.11. The Bertz CT molecular complexity index is 3100. The van der Waals surface area contributed by atoms with Gasteiger partial charge in [-0.2, -0.15) is 0 Å². The lowest BCUT2D eigenvalue weighted by molar-refractivity contribution is 1.40. The molecule has 0 aliphatic heterocycles. The number of aryl methyl sites for hydroxylation is 10. The number of fused-ring (bicyclic) bond motifs is 3. The number of hydrogen-bond acceptors (Lipinski definition) is 0. The molecule has 0 heteroatoms. The van der Waals surface area contributed by atoms with Crippen LogP contribution in [-0.2, 0) is 0 Å². The fraction of sp³-hybridized carbons (Fsp3) is 0.143. The third-order valence-electron chi connectivity index (χ3n) is 13.1. The van der Waals surface area contributed by atoms with Gasteiger partial charge in [0.25, 0.3) is 0 Å². The van der Waals surface area contributed by atoms with E-state index < -0.39 is 0 Å². The molecule has 0 N–H and O–H groups in total. The van der Waals surface area contributed by atoms with Crippen molar-refractivity contribution in [1.82, 2.24) is 0 Å². The summed E-state index contributed by atoms with van der Waals surface area (Å²) in [5.41, 5.74) is 21.0. The molecule has 11 aromatic rings. The van der Waals surface area contributed by atoms with Crippen LogP contribution in [0.3, 0.4) is 0 Å². The van der Waals surface area contributed by atoms with E-state index in [0.717, 1.165) is 0 Å². The lowest BCUT2D eigenvalue weighted by atomic mass is 9.93. The first-order valence-electron chi connectivity index (χ1n) is 24.6. The van der Waals surface area contributed by atoms with E-state index >= 15 is 0 Å². The maximum Gasteiger partial charge on any atom is -0.0146 e. The fourth-order valence-corrected chi connectivity index (χ4v) is 8.64. The van der Waals surface area contributed by atoms with E-state index in [-0.39, 0.29) is 0 Å². The van der Waals surface area contributed by atoms with Gasteiger partial charge in [-0.05, 0) is 157 Å². The first kappa shape index (κ1) is 50.1.